The van der Waals surface area contributed by atoms with E-state index < -0.39 is 0 Å². The average Bonchev–Trinajstić information content (AvgIpc) is 2.90. The first-order chi connectivity index (χ1) is 9.20. The third kappa shape index (κ3) is 3.21. The van der Waals surface area contributed by atoms with E-state index in [1.165, 1.54) is 0 Å². The van der Waals surface area contributed by atoms with Crippen LogP contribution >= 0.6 is 0 Å². The minimum atomic E-state index is -0.250. The Hall–Kier alpha value is -2.58. The minimum Gasteiger partial charge on any atom is -0.331 e. The molecule has 5 heteroatoms. The van der Waals surface area contributed by atoms with Crippen molar-refractivity contribution in [2.45, 2.75) is 6.92 Å². The Morgan fingerprint density at radius 1 is 1.53 bits per heavy atom. The molecule has 0 unspecified atom stereocenters. The number of anilines is 1. The van der Waals surface area contributed by atoms with Crippen molar-refractivity contribution in [1.29, 1.82) is 0 Å². The van der Waals surface area contributed by atoms with E-state index in [9.17, 15) is 4.79 Å². The quantitative estimate of drug-likeness (QED) is 0.706. The summed E-state index contributed by atoms with van der Waals surface area (Å²) in [4.78, 5) is 18.9. The predicted molar refractivity (Wildman–Crippen MR) is 73.7 cm³/mol. The summed E-state index contributed by atoms with van der Waals surface area (Å²) in [7, 11) is 0. The van der Waals surface area contributed by atoms with Gasteiger partial charge in [0.05, 0.1) is 12.1 Å². The predicted octanol–water partition coefficient (Wildman–Crippen LogP) is 1.28. The fourth-order valence-corrected chi connectivity index (χ4v) is 1.61. The van der Waals surface area contributed by atoms with Gasteiger partial charge in [-0.3, -0.25) is 10.1 Å². The van der Waals surface area contributed by atoms with Crippen molar-refractivity contribution in [2.75, 3.05) is 11.9 Å². The number of aromatic amines is 1. The molecule has 1 heterocycles. The molecule has 0 saturated heterocycles. The fraction of sp³-hybridized carbons (Fsp3) is 0.143. The Morgan fingerprint density at radius 3 is 3.05 bits per heavy atom. The lowest BCUT2D eigenvalue weighted by atomic mass is 10.0. The van der Waals surface area contributed by atoms with E-state index in [1.807, 2.05) is 19.1 Å². The van der Waals surface area contributed by atoms with E-state index in [2.05, 4.69) is 27.1 Å². The summed E-state index contributed by atoms with van der Waals surface area (Å²) in [5.41, 5.74) is 7.51. The zero-order chi connectivity index (χ0) is 13.7. The van der Waals surface area contributed by atoms with Crippen molar-refractivity contribution in [3.05, 3.63) is 47.3 Å². The van der Waals surface area contributed by atoms with Gasteiger partial charge < -0.3 is 10.7 Å². The lowest BCUT2D eigenvalue weighted by Crippen LogP contribution is -2.14. The van der Waals surface area contributed by atoms with Gasteiger partial charge in [-0.15, -0.1) is 0 Å². The maximum absolute atomic E-state index is 12.2. The van der Waals surface area contributed by atoms with Crippen molar-refractivity contribution in [3.63, 3.8) is 0 Å². The van der Waals surface area contributed by atoms with E-state index in [1.54, 1.807) is 18.5 Å². The second kappa shape index (κ2) is 5.85. The molecule has 0 aliphatic heterocycles. The summed E-state index contributed by atoms with van der Waals surface area (Å²) in [6.07, 6.45) is 3.21. The molecule has 1 amide bonds. The number of H-pyrrole nitrogens is 1. The van der Waals surface area contributed by atoms with E-state index in [-0.39, 0.29) is 12.5 Å². The van der Waals surface area contributed by atoms with Crippen molar-refractivity contribution >= 4 is 11.9 Å². The SMILES string of the molecule is Cc1ccc(C#CCN)c(C(=O)Nc2ncc[nH]2)c1. The van der Waals surface area contributed by atoms with Crippen LogP contribution < -0.4 is 11.1 Å². The van der Waals surface area contributed by atoms with Crippen LogP contribution in [0.4, 0.5) is 5.95 Å². The molecule has 2 aromatic rings. The van der Waals surface area contributed by atoms with Crippen LogP contribution in [0.3, 0.4) is 0 Å². The standard InChI is InChI=1S/C14H14N4O/c1-10-4-5-11(3-2-6-15)12(9-10)13(19)18-14-16-7-8-17-14/h4-5,7-9H,6,15H2,1H3,(H2,16,17,18,19). The first-order valence-corrected chi connectivity index (χ1v) is 5.81. The molecule has 1 aromatic carbocycles. The van der Waals surface area contributed by atoms with E-state index in [0.717, 1.165) is 5.56 Å². The second-order valence-corrected chi connectivity index (χ2v) is 3.95. The molecule has 0 bridgehead atoms. The number of rotatable bonds is 2. The lowest BCUT2D eigenvalue weighted by Gasteiger charge is -2.06. The highest BCUT2D eigenvalue weighted by Crippen LogP contribution is 2.12. The number of benzene rings is 1. The number of nitrogens with zero attached hydrogens (tertiary/aromatic N) is 1. The van der Waals surface area contributed by atoms with Crippen molar-refractivity contribution in [2.24, 2.45) is 5.73 Å². The number of carbonyl (C=O) groups is 1. The Morgan fingerprint density at radius 2 is 2.37 bits per heavy atom. The smallest absolute Gasteiger partial charge is 0.259 e. The topological polar surface area (TPSA) is 83.8 Å². The summed E-state index contributed by atoms with van der Waals surface area (Å²) in [6.45, 7) is 2.18. The monoisotopic (exact) mass is 254 g/mol. The van der Waals surface area contributed by atoms with Crippen LogP contribution in [0.25, 0.3) is 0 Å². The maximum atomic E-state index is 12.2. The zero-order valence-electron chi connectivity index (χ0n) is 10.5. The average molecular weight is 254 g/mol. The van der Waals surface area contributed by atoms with Crippen LogP contribution in [-0.4, -0.2) is 22.4 Å². The van der Waals surface area contributed by atoms with Gasteiger partial charge >= 0.3 is 0 Å². The normalized spacial score (nSPS) is 9.58. The van der Waals surface area contributed by atoms with Crippen LogP contribution in [0.15, 0.2) is 30.6 Å². The number of nitrogens with two attached hydrogens (primary N) is 1. The first kappa shape index (κ1) is 12.9. The summed E-state index contributed by atoms with van der Waals surface area (Å²) in [5.74, 6) is 5.80. The van der Waals surface area contributed by atoms with Crippen LogP contribution in [0.5, 0.6) is 0 Å². The molecule has 96 valence electrons. The van der Waals surface area contributed by atoms with Gasteiger partial charge in [-0.05, 0) is 19.1 Å². The van der Waals surface area contributed by atoms with Gasteiger partial charge in [0.1, 0.15) is 0 Å². The number of nitrogens with one attached hydrogen (secondary N) is 2. The van der Waals surface area contributed by atoms with Gasteiger partial charge in [-0.25, -0.2) is 4.98 Å². The molecule has 0 aliphatic rings. The van der Waals surface area contributed by atoms with Gasteiger partial charge in [0, 0.05) is 18.0 Å². The number of amides is 1. The highest BCUT2D eigenvalue weighted by atomic mass is 16.1. The summed E-state index contributed by atoms with van der Waals surface area (Å²) in [5, 5.41) is 2.68. The fourth-order valence-electron chi connectivity index (χ4n) is 1.61. The second-order valence-electron chi connectivity index (χ2n) is 3.95. The largest absolute Gasteiger partial charge is 0.331 e. The first-order valence-electron chi connectivity index (χ1n) is 5.81. The summed E-state index contributed by atoms with van der Waals surface area (Å²) in [6, 6.07) is 5.51. The van der Waals surface area contributed by atoms with Crippen LogP contribution in [0.1, 0.15) is 21.5 Å². The Labute approximate surface area is 111 Å². The molecule has 0 saturated carbocycles. The Bertz CT molecular complexity index is 635. The van der Waals surface area contributed by atoms with Crippen LogP contribution in [0.2, 0.25) is 0 Å². The van der Waals surface area contributed by atoms with E-state index in [4.69, 9.17) is 5.73 Å². The molecule has 19 heavy (non-hydrogen) atoms. The van der Waals surface area contributed by atoms with E-state index >= 15 is 0 Å². The molecule has 0 aliphatic carbocycles. The van der Waals surface area contributed by atoms with Gasteiger partial charge in [0.2, 0.25) is 5.95 Å². The van der Waals surface area contributed by atoms with Crippen molar-refractivity contribution in [3.8, 4) is 11.8 Å². The number of carbonyl (C=O) groups excluding carboxylic acids is 1. The number of aryl methyl sites for hydroxylation is 1. The van der Waals surface area contributed by atoms with Gasteiger partial charge in [0.25, 0.3) is 5.91 Å². The minimum absolute atomic E-state index is 0.250. The number of hydrogen-bond donors (Lipinski definition) is 3. The van der Waals surface area contributed by atoms with Gasteiger partial charge in [0.15, 0.2) is 0 Å². The lowest BCUT2D eigenvalue weighted by molar-refractivity contribution is 0.102. The molecule has 5 nitrogen and oxygen atoms in total. The molecule has 1 aromatic heterocycles. The van der Waals surface area contributed by atoms with Crippen molar-refractivity contribution < 1.29 is 4.79 Å². The zero-order valence-corrected chi connectivity index (χ0v) is 10.5. The molecule has 2 rings (SSSR count). The molecule has 0 atom stereocenters. The summed E-state index contributed by atoms with van der Waals surface area (Å²) >= 11 is 0. The number of aromatic nitrogens is 2. The van der Waals surface area contributed by atoms with Gasteiger partial charge in [-0.1, -0.05) is 23.5 Å². The van der Waals surface area contributed by atoms with Crippen LogP contribution in [-0.2, 0) is 0 Å². The van der Waals surface area contributed by atoms with Crippen molar-refractivity contribution in [1.82, 2.24) is 9.97 Å². The molecule has 0 radical (unpaired) electrons. The highest BCUT2D eigenvalue weighted by molar-refractivity contribution is 6.05. The van der Waals surface area contributed by atoms with Gasteiger partial charge in [-0.2, -0.15) is 0 Å². The highest BCUT2D eigenvalue weighted by Gasteiger charge is 2.11. The van der Waals surface area contributed by atoms with Crippen LogP contribution in [0, 0.1) is 18.8 Å². The molecule has 0 spiro atoms. The third-order valence-electron chi connectivity index (χ3n) is 2.47. The third-order valence-corrected chi connectivity index (χ3v) is 2.47. The number of hydrogen-bond acceptors (Lipinski definition) is 3. The van der Waals surface area contributed by atoms with E-state index in [0.29, 0.717) is 17.1 Å². The maximum Gasteiger partial charge on any atom is 0.259 e. The molecular formula is C14H14N4O. The Kier molecular flexibility index (Phi) is 3.96. The molecule has 4 N–H and O–H groups in total. The Balaban J connectivity index is 2.31. The molecule has 0 fully saturated rings. The molecular weight excluding hydrogens is 240 g/mol. The number of imidazole rings is 1. The summed E-state index contributed by atoms with van der Waals surface area (Å²) < 4.78 is 0.